The van der Waals surface area contributed by atoms with Crippen LogP contribution in [0.3, 0.4) is 0 Å². The van der Waals surface area contributed by atoms with Gasteiger partial charge in [-0.3, -0.25) is 9.59 Å². The van der Waals surface area contributed by atoms with E-state index in [2.05, 4.69) is 20.8 Å². The lowest BCUT2D eigenvalue weighted by Crippen LogP contribution is -2.30. The number of ketones is 1. The van der Waals surface area contributed by atoms with Crippen molar-refractivity contribution in [2.45, 2.75) is 20.0 Å². The second-order valence-corrected chi connectivity index (χ2v) is 5.95. The number of amides is 1. The Labute approximate surface area is 160 Å². The monoisotopic (exact) mass is 379 g/mol. The minimum absolute atomic E-state index is 0.116. The van der Waals surface area contributed by atoms with Crippen LogP contribution >= 0.6 is 0 Å². The second-order valence-electron chi connectivity index (χ2n) is 5.95. The lowest BCUT2D eigenvalue weighted by molar-refractivity contribution is -0.123. The average Bonchev–Trinajstić information content (AvgIpc) is 3.22. The fraction of sp³-hybridized carbons (Fsp3) is 0.158. The number of carbonyl (C=O) groups excluding carboxylic acids is 3. The van der Waals surface area contributed by atoms with E-state index < -0.39 is 18.0 Å². The lowest BCUT2D eigenvalue weighted by atomic mass is 10.1. The van der Waals surface area contributed by atoms with Crippen molar-refractivity contribution in [2.24, 2.45) is 0 Å². The summed E-state index contributed by atoms with van der Waals surface area (Å²) in [6, 6.07) is 13.1. The molecular formula is C19H17N5O4. The van der Waals surface area contributed by atoms with Gasteiger partial charge in [-0.1, -0.05) is 24.3 Å². The zero-order valence-electron chi connectivity index (χ0n) is 15.2. The molecule has 1 aromatic heterocycles. The zero-order chi connectivity index (χ0) is 20.1. The van der Waals surface area contributed by atoms with Crippen LogP contribution in [-0.2, 0) is 9.53 Å². The quantitative estimate of drug-likeness (QED) is 0.515. The number of para-hydroxylation sites is 1. The van der Waals surface area contributed by atoms with Crippen molar-refractivity contribution in [1.82, 2.24) is 20.2 Å². The van der Waals surface area contributed by atoms with Crippen LogP contribution in [0, 0.1) is 0 Å². The number of ether oxygens (including phenoxy) is 1. The van der Waals surface area contributed by atoms with Gasteiger partial charge in [0.25, 0.3) is 5.91 Å². The van der Waals surface area contributed by atoms with Gasteiger partial charge in [-0.2, -0.15) is 4.68 Å². The molecule has 0 unspecified atom stereocenters. The number of Topliss-reactive ketones (excluding diaryl/α,β-unsaturated/α-hetero) is 1. The molecule has 1 amide bonds. The number of rotatable bonds is 6. The fourth-order valence-corrected chi connectivity index (χ4v) is 2.46. The predicted octanol–water partition coefficient (Wildman–Crippen LogP) is 2.05. The maximum Gasteiger partial charge on any atom is 0.341 e. The van der Waals surface area contributed by atoms with Gasteiger partial charge in [-0.15, -0.1) is 5.10 Å². The molecule has 0 saturated carbocycles. The van der Waals surface area contributed by atoms with Gasteiger partial charge in [0.05, 0.1) is 11.3 Å². The van der Waals surface area contributed by atoms with Gasteiger partial charge in [-0.25, -0.2) is 4.79 Å². The van der Waals surface area contributed by atoms with E-state index in [4.69, 9.17) is 4.74 Å². The van der Waals surface area contributed by atoms with E-state index in [-0.39, 0.29) is 11.3 Å². The Morgan fingerprint density at radius 3 is 2.61 bits per heavy atom. The number of nitrogens with zero attached hydrogens (tertiary/aromatic N) is 4. The molecule has 3 aromatic rings. The highest BCUT2D eigenvalue weighted by Gasteiger charge is 2.22. The summed E-state index contributed by atoms with van der Waals surface area (Å²) >= 11 is 0. The van der Waals surface area contributed by atoms with Crippen molar-refractivity contribution >= 4 is 23.3 Å². The van der Waals surface area contributed by atoms with E-state index in [1.165, 1.54) is 24.9 Å². The first-order valence-electron chi connectivity index (χ1n) is 8.41. The van der Waals surface area contributed by atoms with Crippen LogP contribution in [-0.4, -0.2) is 44.0 Å². The zero-order valence-corrected chi connectivity index (χ0v) is 15.2. The summed E-state index contributed by atoms with van der Waals surface area (Å²) < 4.78 is 6.61. The molecule has 9 heteroatoms. The summed E-state index contributed by atoms with van der Waals surface area (Å²) in [5, 5.41) is 13.5. The van der Waals surface area contributed by atoms with Crippen LogP contribution in [0.1, 0.15) is 34.6 Å². The first-order chi connectivity index (χ1) is 13.5. The van der Waals surface area contributed by atoms with Crippen LogP contribution < -0.4 is 5.32 Å². The number of benzene rings is 2. The molecule has 0 radical (unpaired) electrons. The molecule has 0 saturated heterocycles. The Balaban J connectivity index is 1.70. The molecule has 1 atom stereocenters. The van der Waals surface area contributed by atoms with E-state index in [0.717, 1.165) is 0 Å². The van der Waals surface area contributed by atoms with Crippen molar-refractivity contribution in [1.29, 1.82) is 0 Å². The smallest absolute Gasteiger partial charge is 0.341 e. The Bertz CT molecular complexity index is 1020. The Kier molecular flexibility index (Phi) is 5.54. The minimum Gasteiger partial charge on any atom is -0.449 e. The lowest BCUT2D eigenvalue weighted by Gasteiger charge is -2.15. The summed E-state index contributed by atoms with van der Waals surface area (Å²) in [4.78, 5) is 36.4. The topological polar surface area (TPSA) is 116 Å². The molecule has 0 fully saturated rings. The highest BCUT2D eigenvalue weighted by molar-refractivity contribution is 6.00. The van der Waals surface area contributed by atoms with Crippen molar-refractivity contribution < 1.29 is 19.1 Å². The van der Waals surface area contributed by atoms with Crippen LogP contribution in [0.15, 0.2) is 54.9 Å². The summed E-state index contributed by atoms with van der Waals surface area (Å²) in [6.45, 7) is 2.90. The number of hydrogen-bond donors (Lipinski definition) is 1. The Morgan fingerprint density at radius 2 is 1.89 bits per heavy atom. The van der Waals surface area contributed by atoms with E-state index in [1.807, 2.05) is 0 Å². The molecule has 0 aliphatic carbocycles. The molecule has 142 valence electrons. The van der Waals surface area contributed by atoms with Crippen molar-refractivity contribution in [3.8, 4) is 5.69 Å². The van der Waals surface area contributed by atoms with E-state index in [9.17, 15) is 14.4 Å². The first kappa shape index (κ1) is 18.9. The molecule has 0 spiro atoms. The van der Waals surface area contributed by atoms with Crippen molar-refractivity contribution in [3.63, 3.8) is 0 Å². The van der Waals surface area contributed by atoms with Gasteiger partial charge in [0.2, 0.25) is 0 Å². The van der Waals surface area contributed by atoms with Gasteiger partial charge in [0.15, 0.2) is 11.9 Å². The highest BCUT2D eigenvalue weighted by Crippen LogP contribution is 2.16. The predicted molar refractivity (Wildman–Crippen MR) is 99.1 cm³/mol. The molecule has 3 rings (SSSR count). The van der Waals surface area contributed by atoms with Crippen LogP contribution in [0.25, 0.3) is 5.69 Å². The minimum atomic E-state index is -1.06. The first-order valence-corrected chi connectivity index (χ1v) is 8.41. The molecule has 1 N–H and O–H groups in total. The number of anilines is 1. The third kappa shape index (κ3) is 4.26. The number of hydrogen-bond acceptors (Lipinski definition) is 7. The van der Waals surface area contributed by atoms with Crippen molar-refractivity contribution in [3.05, 3.63) is 66.0 Å². The molecular weight excluding hydrogens is 362 g/mol. The summed E-state index contributed by atoms with van der Waals surface area (Å²) in [7, 11) is 0. The Hall–Kier alpha value is -3.88. The SMILES string of the molecule is CC(=O)c1cccc(NC(=O)[C@H](C)OC(=O)c2ccccc2-n2cnnn2)c1. The molecule has 2 aromatic carbocycles. The van der Waals surface area contributed by atoms with Crippen LogP contribution in [0.5, 0.6) is 0 Å². The number of carbonyl (C=O) groups is 3. The van der Waals surface area contributed by atoms with Gasteiger partial charge < -0.3 is 10.1 Å². The molecule has 0 aliphatic heterocycles. The highest BCUT2D eigenvalue weighted by atomic mass is 16.5. The Morgan fingerprint density at radius 1 is 1.11 bits per heavy atom. The number of nitrogens with one attached hydrogen (secondary N) is 1. The summed E-state index contributed by atoms with van der Waals surface area (Å²) in [6.07, 6.45) is 0.292. The summed E-state index contributed by atoms with van der Waals surface area (Å²) in [5.74, 6) is -1.32. The van der Waals surface area contributed by atoms with Crippen molar-refractivity contribution in [2.75, 3.05) is 5.32 Å². The van der Waals surface area contributed by atoms with E-state index in [0.29, 0.717) is 16.9 Å². The molecule has 0 bridgehead atoms. The van der Waals surface area contributed by atoms with Crippen LogP contribution in [0.2, 0.25) is 0 Å². The van der Waals surface area contributed by atoms with Gasteiger partial charge in [-0.05, 0) is 48.5 Å². The second kappa shape index (κ2) is 8.21. The van der Waals surface area contributed by atoms with E-state index >= 15 is 0 Å². The number of esters is 1. The standard InChI is InChI=1S/C19H17N5O4/c1-12(25)14-6-5-7-15(10-14)21-18(26)13(2)28-19(27)16-8-3-4-9-17(16)24-11-20-22-23-24/h3-11,13H,1-2H3,(H,21,26)/t13-/m0/s1. The van der Waals surface area contributed by atoms with E-state index in [1.54, 1.807) is 48.5 Å². The van der Waals surface area contributed by atoms with Gasteiger partial charge in [0.1, 0.15) is 6.33 Å². The van der Waals surface area contributed by atoms with Gasteiger partial charge in [0, 0.05) is 11.3 Å². The largest absolute Gasteiger partial charge is 0.449 e. The fourth-order valence-electron chi connectivity index (χ4n) is 2.46. The van der Waals surface area contributed by atoms with Gasteiger partial charge >= 0.3 is 5.97 Å². The maximum atomic E-state index is 12.5. The average molecular weight is 379 g/mol. The molecule has 28 heavy (non-hydrogen) atoms. The number of tetrazole rings is 1. The molecule has 0 aliphatic rings. The molecule has 9 nitrogen and oxygen atoms in total. The maximum absolute atomic E-state index is 12.5. The van der Waals surface area contributed by atoms with Crippen LogP contribution in [0.4, 0.5) is 5.69 Å². The normalized spacial score (nSPS) is 11.5. The molecule has 1 heterocycles. The number of aromatic nitrogens is 4. The summed E-state index contributed by atoms with van der Waals surface area (Å²) in [5.41, 5.74) is 1.56. The third-order valence-electron chi connectivity index (χ3n) is 3.91. The third-order valence-corrected chi connectivity index (χ3v) is 3.91.